The van der Waals surface area contributed by atoms with Crippen LogP contribution in [0.25, 0.3) is 5.57 Å². The van der Waals surface area contributed by atoms with E-state index in [1.54, 1.807) is 6.08 Å². The molecule has 0 heterocycles. The summed E-state index contributed by atoms with van der Waals surface area (Å²) >= 11 is 0. The number of rotatable bonds is 10. The predicted octanol–water partition coefficient (Wildman–Crippen LogP) is 8.42. The summed E-state index contributed by atoms with van der Waals surface area (Å²) in [7, 11) is 0. The number of aliphatic hydroxyl groups excluding tert-OH is 3. The van der Waals surface area contributed by atoms with Gasteiger partial charge in [-0.05, 0) is 105 Å². The number of hydrogen-bond donors (Lipinski definition) is 3. The van der Waals surface area contributed by atoms with Crippen molar-refractivity contribution in [1.82, 2.24) is 0 Å². The molecule has 3 nitrogen and oxygen atoms in total. The molecular weight excluding hydrogens is 468 g/mol. The summed E-state index contributed by atoms with van der Waals surface area (Å²) in [5.74, 6) is 0.696. The van der Waals surface area contributed by atoms with Gasteiger partial charge in [-0.3, -0.25) is 0 Å². The van der Waals surface area contributed by atoms with Crippen molar-refractivity contribution in [3.8, 4) is 0 Å². The highest BCUT2D eigenvalue weighted by atomic mass is 16.3. The van der Waals surface area contributed by atoms with Gasteiger partial charge < -0.3 is 15.3 Å². The topological polar surface area (TPSA) is 60.7 Å². The molecule has 3 heteroatoms. The van der Waals surface area contributed by atoms with E-state index in [4.69, 9.17) is 0 Å². The molecule has 0 radical (unpaired) electrons. The van der Waals surface area contributed by atoms with Crippen molar-refractivity contribution in [3.63, 3.8) is 0 Å². The van der Waals surface area contributed by atoms with Crippen LogP contribution in [0.2, 0.25) is 0 Å². The van der Waals surface area contributed by atoms with E-state index in [1.165, 1.54) is 27.8 Å². The summed E-state index contributed by atoms with van der Waals surface area (Å²) in [5.41, 5.74) is 9.41. The second-order valence-electron chi connectivity index (χ2n) is 11.9. The number of allylic oxidation sites excluding steroid dienone is 7. The average molecular weight is 517 g/mol. The van der Waals surface area contributed by atoms with E-state index in [0.29, 0.717) is 18.3 Å². The molecule has 206 valence electrons. The van der Waals surface area contributed by atoms with Gasteiger partial charge >= 0.3 is 0 Å². The first-order chi connectivity index (χ1) is 17.9. The summed E-state index contributed by atoms with van der Waals surface area (Å²) in [4.78, 5) is 0. The number of aryl methyl sites for hydroxylation is 1. The zero-order valence-electron chi connectivity index (χ0n) is 24.5. The van der Waals surface area contributed by atoms with Gasteiger partial charge in [-0.15, -0.1) is 0 Å². The molecule has 0 amide bonds. The lowest BCUT2D eigenvalue weighted by atomic mass is 9.71. The van der Waals surface area contributed by atoms with Crippen LogP contribution in [0.15, 0.2) is 88.8 Å². The van der Waals surface area contributed by atoms with E-state index in [-0.39, 0.29) is 17.6 Å². The van der Waals surface area contributed by atoms with Crippen molar-refractivity contribution in [2.24, 2.45) is 23.7 Å². The van der Waals surface area contributed by atoms with Gasteiger partial charge in [-0.25, -0.2) is 0 Å². The highest BCUT2D eigenvalue weighted by Crippen LogP contribution is 2.43. The zero-order valence-corrected chi connectivity index (χ0v) is 24.5. The third-order valence-corrected chi connectivity index (χ3v) is 8.76. The van der Waals surface area contributed by atoms with Crippen LogP contribution in [0.4, 0.5) is 0 Å². The number of benzene rings is 1. The second-order valence-corrected chi connectivity index (χ2v) is 11.9. The summed E-state index contributed by atoms with van der Waals surface area (Å²) < 4.78 is 0. The van der Waals surface area contributed by atoms with Crippen LogP contribution < -0.4 is 0 Å². The van der Waals surface area contributed by atoms with E-state index in [0.717, 1.165) is 36.0 Å². The summed E-state index contributed by atoms with van der Waals surface area (Å²) in [5, 5.41) is 32.2. The van der Waals surface area contributed by atoms with Crippen LogP contribution >= 0.6 is 0 Å². The molecule has 0 spiro atoms. The molecular formula is C35H48O3. The smallest absolute Gasteiger partial charge is 0.121 e. The second kappa shape index (κ2) is 13.0. The van der Waals surface area contributed by atoms with Gasteiger partial charge in [-0.2, -0.15) is 0 Å². The largest absolute Gasteiger partial charge is 0.510 e. The van der Waals surface area contributed by atoms with Crippen LogP contribution in [-0.2, 0) is 0 Å². The lowest BCUT2D eigenvalue weighted by molar-refractivity contribution is 0.0935. The third-order valence-electron chi connectivity index (χ3n) is 8.76. The first-order valence-electron chi connectivity index (χ1n) is 14.2. The van der Waals surface area contributed by atoms with Crippen molar-refractivity contribution in [3.05, 3.63) is 99.9 Å². The maximum Gasteiger partial charge on any atom is 0.121 e. The van der Waals surface area contributed by atoms with Crippen LogP contribution in [0.1, 0.15) is 78.4 Å². The fourth-order valence-corrected chi connectivity index (χ4v) is 5.83. The molecule has 0 bridgehead atoms. The Morgan fingerprint density at radius 2 is 1.74 bits per heavy atom. The first-order valence-corrected chi connectivity index (χ1v) is 14.2. The van der Waals surface area contributed by atoms with E-state index >= 15 is 0 Å². The van der Waals surface area contributed by atoms with Crippen LogP contribution in [0.5, 0.6) is 0 Å². The number of hydrogen-bond acceptors (Lipinski definition) is 3. The Kier molecular flexibility index (Phi) is 10.2. The Labute approximate surface area is 230 Å². The SMILES string of the molecule is C=C(C[C@H](/C(C)=C(\CC(C)C(C)C)c1ccccc1C)C1C=CC=C(O)C1O)C1=C(C(C)O)C=C(C)CC1. The Balaban J connectivity index is 2.16. The highest BCUT2D eigenvalue weighted by Gasteiger charge is 2.34. The van der Waals surface area contributed by atoms with E-state index in [2.05, 4.69) is 78.5 Å². The van der Waals surface area contributed by atoms with E-state index in [1.807, 2.05) is 19.1 Å². The quantitative estimate of drug-likeness (QED) is 0.292. The molecule has 4 unspecified atom stereocenters. The Bertz CT molecular complexity index is 1170. The van der Waals surface area contributed by atoms with Gasteiger partial charge in [0.25, 0.3) is 0 Å². The molecule has 3 N–H and O–H groups in total. The minimum atomic E-state index is -0.966. The Morgan fingerprint density at radius 1 is 1.05 bits per heavy atom. The summed E-state index contributed by atoms with van der Waals surface area (Å²) in [6.07, 6.45) is 9.46. The minimum absolute atomic E-state index is 0.00834. The van der Waals surface area contributed by atoms with Gasteiger partial charge in [0.15, 0.2) is 0 Å². The van der Waals surface area contributed by atoms with Gasteiger partial charge in [0.2, 0.25) is 0 Å². The summed E-state index contributed by atoms with van der Waals surface area (Å²) in [6.45, 7) is 19.7. The van der Waals surface area contributed by atoms with Crippen LogP contribution in [-0.4, -0.2) is 27.5 Å². The molecule has 38 heavy (non-hydrogen) atoms. The van der Waals surface area contributed by atoms with Gasteiger partial charge in [0, 0.05) is 5.92 Å². The maximum absolute atomic E-state index is 11.1. The molecule has 0 fully saturated rings. The zero-order chi connectivity index (χ0) is 28.1. The molecule has 5 atom stereocenters. The molecule has 0 aromatic heterocycles. The highest BCUT2D eigenvalue weighted by molar-refractivity contribution is 5.71. The molecule has 0 saturated heterocycles. The molecule has 0 aliphatic heterocycles. The first kappa shape index (κ1) is 29.9. The molecule has 1 aromatic rings. The van der Waals surface area contributed by atoms with Crippen molar-refractivity contribution >= 4 is 5.57 Å². The fourth-order valence-electron chi connectivity index (χ4n) is 5.83. The minimum Gasteiger partial charge on any atom is -0.510 e. The van der Waals surface area contributed by atoms with Gasteiger partial charge in [-0.1, -0.05) is 86.6 Å². The predicted molar refractivity (Wildman–Crippen MR) is 161 cm³/mol. The van der Waals surface area contributed by atoms with E-state index < -0.39 is 12.2 Å². The third kappa shape index (κ3) is 6.87. The monoisotopic (exact) mass is 516 g/mol. The molecule has 1 aromatic carbocycles. The lowest BCUT2D eigenvalue weighted by Crippen LogP contribution is -2.31. The molecule has 2 aliphatic carbocycles. The fraction of sp³-hybridized carbons (Fsp3) is 0.486. The van der Waals surface area contributed by atoms with Crippen molar-refractivity contribution < 1.29 is 15.3 Å². The van der Waals surface area contributed by atoms with Crippen LogP contribution in [0.3, 0.4) is 0 Å². The van der Waals surface area contributed by atoms with Crippen molar-refractivity contribution in [2.45, 2.75) is 86.4 Å². The van der Waals surface area contributed by atoms with Gasteiger partial charge in [0.05, 0.1) is 6.10 Å². The van der Waals surface area contributed by atoms with Crippen molar-refractivity contribution in [2.75, 3.05) is 0 Å². The van der Waals surface area contributed by atoms with Crippen LogP contribution in [0, 0.1) is 30.6 Å². The molecule has 3 rings (SSSR count). The lowest BCUT2D eigenvalue weighted by Gasteiger charge is -2.35. The molecule has 2 aliphatic rings. The Morgan fingerprint density at radius 3 is 2.37 bits per heavy atom. The Hall–Kier alpha value is -2.62. The van der Waals surface area contributed by atoms with E-state index in [9.17, 15) is 15.3 Å². The molecule has 0 saturated carbocycles. The maximum atomic E-state index is 11.1. The standard InChI is InChI=1S/C35H48O3/c1-21(2)24(5)19-31(28-13-10-9-12-23(28)4)26(7)32(30-14-11-15-34(37)35(30)38)20-25(6)29-17-16-22(3)18-33(29)27(8)36/h9-15,18,21,24,27,30,32,35-38H,6,16-17,19-20H2,1-5,7-8H3/b31-26+/t24?,27?,30?,32-,35?/m1/s1. The van der Waals surface area contributed by atoms with Gasteiger partial charge in [0.1, 0.15) is 11.9 Å². The average Bonchev–Trinajstić information content (AvgIpc) is 2.87. The summed E-state index contributed by atoms with van der Waals surface area (Å²) in [6, 6.07) is 8.55. The number of aliphatic hydroxyl groups is 3. The normalized spacial score (nSPS) is 23.0. The van der Waals surface area contributed by atoms with Crippen molar-refractivity contribution in [1.29, 1.82) is 0 Å².